The molecule has 4 N–H and O–H groups in total. The lowest BCUT2D eigenvalue weighted by molar-refractivity contribution is 0.476. The number of sulfonamides is 1. The van der Waals surface area contributed by atoms with Gasteiger partial charge >= 0.3 is 0 Å². The number of nitrogens with two attached hydrogens (primary N) is 1. The number of benzene rings is 3. The predicted molar refractivity (Wildman–Crippen MR) is 123 cm³/mol. The van der Waals surface area contributed by atoms with Crippen molar-refractivity contribution in [3.8, 4) is 17.0 Å². The number of phenolic OH excluding ortho intramolecular Hbond substituents is 1. The number of nitrogens with one attached hydrogen (secondary N) is 1. The Morgan fingerprint density at radius 3 is 2.50 bits per heavy atom. The number of rotatable bonds is 5. The molecular weight excluding hydrogens is 426 g/mol. The van der Waals surface area contributed by atoms with Crippen molar-refractivity contribution in [2.45, 2.75) is 11.4 Å². The van der Waals surface area contributed by atoms with E-state index in [1.165, 1.54) is 12.1 Å². The number of nitrogens with zero attached hydrogens (tertiary/aromatic N) is 3. The van der Waals surface area contributed by atoms with E-state index in [0.29, 0.717) is 18.0 Å². The zero-order chi connectivity index (χ0) is 22.3. The average molecular weight is 446 g/mol. The molecule has 0 aliphatic rings. The van der Waals surface area contributed by atoms with Crippen molar-refractivity contribution in [1.82, 2.24) is 14.4 Å². The fourth-order valence-electron chi connectivity index (χ4n) is 3.63. The Labute approximate surface area is 184 Å². The van der Waals surface area contributed by atoms with Crippen molar-refractivity contribution < 1.29 is 13.5 Å². The summed E-state index contributed by atoms with van der Waals surface area (Å²) in [5.74, 6) is 0.848. The summed E-state index contributed by atoms with van der Waals surface area (Å²) in [4.78, 5) is 9.03. The van der Waals surface area contributed by atoms with Gasteiger partial charge in [0.1, 0.15) is 5.75 Å². The monoisotopic (exact) mass is 445 g/mol. The standard InChI is InChI=1S/C23H19N5O3S/c24-32(30,31)20-7-1-15(2-8-20)13-26-22-23-27-14-21(28(23)10-9-25-22)18-4-3-17-12-19(29)6-5-16(17)11-18/h1-12,14,29H,13H2,(H,25,26)(H2,24,30,31). The molecule has 2 heterocycles. The largest absolute Gasteiger partial charge is 0.508 e. The minimum absolute atomic E-state index is 0.0740. The number of aromatic nitrogens is 3. The summed E-state index contributed by atoms with van der Waals surface area (Å²) in [6, 6.07) is 17.7. The number of imidazole rings is 1. The lowest BCUT2D eigenvalue weighted by atomic mass is 10.1. The van der Waals surface area contributed by atoms with E-state index in [1.807, 2.05) is 28.8 Å². The van der Waals surface area contributed by atoms with Crippen LogP contribution in [-0.2, 0) is 16.6 Å². The zero-order valence-electron chi connectivity index (χ0n) is 16.8. The highest BCUT2D eigenvalue weighted by Crippen LogP contribution is 2.28. The van der Waals surface area contributed by atoms with Gasteiger partial charge in [0.25, 0.3) is 0 Å². The van der Waals surface area contributed by atoms with Crippen LogP contribution in [0.15, 0.2) is 84.1 Å². The van der Waals surface area contributed by atoms with Crippen molar-refractivity contribution in [2.24, 2.45) is 5.14 Å². The molecule has 32 heavy (non-hydrogen) atoms. The van der Waals surface area contributed by atoms with Crippen molar-refractivity contribution in [3.63, 3.8) is 0 Å². The van der Waals surface area contributed by atoms with Crippen LogP contribution in [0.3, 0.4) is 0 Å². The summed E-state index contributed by atoms with van der Waals surface area (Å²) in [6.45, 7) is 0.444. The molecule has 160 valence electrons. The molecule has 2 aromatic heterocycles. The normalized spacial score (nSPS) is 11.8. The SMILES string of the molecule is NS(=O)(=O)c1ccc(CNc2nccn3c(-c4ccc5cc(O)ccc5c4)cnc23)cc1. The molecule has 5 aromatic rings. The van der Waals surface area contributed by atoms with E-state index in [0.717, 1.165) is 27.6 Å². The molecule has 0 saturated carbocycles. The van der Waals surface area contributed by atoms with Gasteiger partial charge in [0.2, 0.25) is 10.0 Å². The van der Waals surface area contributed by atoms with Crippen LogP contribution in [0.4, 0.5) is 5.82 Å². The van der Waals surface area contributed by atoms with E-state index in [2.05, 4.69) is 21.4 Å². The molecule has 0 saturated heterocycles. The number of anilines is 1. The van der Waals surface area contributed by atoms with Gasteiger partial charge in [-0.05, 0) is 46.7 Å². The first-order valence-corrected chi connectivity index (χ1v) is 11.3. The number of fused-ring (bicyclic) bond motifs is 2. The summed E-state index contributed by atoms with van der Waals surface area (Å²) in [5, 5.41) is 20.1. The maximum absolute atomic E-state index is 11.4. The van der Waals surface area contributed by atoms with E-state index in [4.69, 9.17) is 5.14 Å². The van der Waals surface area contributed by atoms with Gasteiger partial charge in [-0.1, -0.05) is 30.3 Å². The first-order valence-electron chi connectivity index (χ1n) is 9.79. The summed E-state index contributed by atoms with van der Waals surface area (Å²) in [5.41, 5.74) is 3.46. The smallest absolute Gasteiger partial charge is 0.238 e. The van der Waals surface area contributed by atoms with Gasteiger partial charge in [-0.15, -0.1) is 0 Å². The van der Waals surface area contributed by atoms with Gasteiger partial charge in [-0.3, -0.25) is 4.40 Å². The van der Waals surface area contributed by atoms with Crippen LogP contribution in [0.2, 0.25) is 0 Å². The Hall–Kier alpha value is -3.95. The second-order valence-corrected chi connectivity index (χ2v) is 8.96. The van der Waals surface area contributed by atoms with Crippen LogP contribution >= 0.6 is 0 Å². The van der Waals surface area contributed by atoms with Crippen LogP contribution in [0, 0.1) is 0 Å². The molecule has 0 radical (unpaired) electrons. The minimum atomic E-state index is -3.71. The first kappa shape index (κ1) is 20.0. The molecule has 0 unspecified atom stereocenters. The molecule has 0 atom stereocenters. The molecule has 0 aliphatic heterocycles. The maximum atomic E-state index is 11.4. The fraction of sp³-hybridized carbons (Fsp3) is 0.0435. The Morgan fingerprint density at radius 2 is 1.72 bits per heavy atom. The Balaban J connectivity index is 1.44. The lowest BCUT2D eigenvalue weighted by Gasteiger charge is -2.09. The number of aromatic hydroxyl groups is 1. The zero-order valence-corrected chi connectivity index (χ0v) is 17.6. The van der Waals surface area contributed by atoms with Crippen molar-refractivity contribution in [3.05, 3.63) is 84.8 Å². The molecule has 8 nitrogen and oxygen atoms in total. The number of primary sulfonamides is 1. The fourth-order valence-corrected chi connectivity index (χ4v) is 4.15. The number of hydrogen-bond acceptors (Lipinski definition) is 6. The quantitative estimate of drug-likeness (QED) is 0.380. The van der Waals surface area contributed by atoms with Crippen molar-refractivity contribution >= 4 is 32.3 Å². The Bertz CT molecular complexity index is 1560. The Morgan fingerprint density at radius 1 is 0.969 bits per heavy atom. The summed E-state index contributed by atoms with van der Waals surface area (Å²) < 4.78 is 24.8. The van der Waals surface area contributed by atoms with Crippen LogP contribution < -0.4 is 10.5 Å². The van der Waals surface area contributed by atoms with E-state index in [-0.39, 0.29) is 10.6 Å². The second kappa shape index (κ2) is 7.63. The highest BCUT2D eigenvalue weighted by atomic mass is 32.2. The Kier molecular flexibility index (Phi) is 4.76. The maximum Gasteiger partial charge on any atom is 0.238 e. The molecule has 9 heteroatoms. The van der Waals surface area contributed by atoms with E-state index in [1.54, 1.807) is 36.7 Å². The third-order valence-corrected chi connectivity index (χ3v) is 6.19. The van der Waals surface area contributed by atoms with Gasteiger partial charge in [-0.25, -0.2) is 23.5 Å². The number of phenols is 1. The van der Waals surface area contributed by atoms with Crippen LogP contribution in [-0.4, -0.2) is 27.9 Å². The highest BCUT2D eigenvalue weighted by molar-refractivity contribution is 7.89. The third kappa shape index (κ3) is 3.75. The van der Waals surface area contributed by atoms with Gasteiger partial charge in [0.15, 0.2) is 11.5 Å². The van der Waals surface area contributed by atoms with E-state index < -0.39 is 10.0 Å². The average Bonchev–Trinajstić information content (AvgIpc) is 3.22. The van der Waals surface area contributed by atoms with Gasteiger partial charge in [0, 0.05) is 24.5 Å². The topological polar surface area (TPSA) is 123 Å². The number of hydrogen-bond donors (Lipinski definition) is 3. The predicted octanol–water partition coefficient (Wildman–Crippen LogP) is 3.51. The summed E-state index contributed by atoms with van der Waals surface area (Å²) >= 11 is 0. The lowest BCUT2D eigenvalue weighted by Crippen LogP contribution is -2.12. The molecule has 0 amide bonds. The second-order valence-electron chi connectivity index (χ2n) is 7.40. The third-order valence-electron chi connectivity index (χ3n) is 5.26. The minimum Gasteiger partial charge on any atom is -0.508 e. The molecule has 3 aromatic carbocycles. The molecule has 5 rings (SSSR count). The molecule has 0 bridgehead atoms. The van der Waals surface area contributed by atoms with Gasteiger partial charge in [0.05, 0.1) is 16.8 Å². The van der Waals surface area contributed by atoms with Crippen molar-refractivity contribution in [1.29, 1.82) is 0 Å². The highest BCUT2D eigenvalue weighted by Gasteiger charge is 2.12. The molecule has 0 spiro atoms. The van der Waals surface area contributed by atoms with Crippen LogP contribution in [0.5, 0.6) is 5.75 Å². The molecular formula is C23H19N5O3S. The molecule has 0 fully saturated rings. The molecule has 0 aliphatic carbocycles. The van der Waals surface area contributed by atoms with Gasteiger partial charge < -0.3 is 10.4 Å². The van der Waals surface area contributed by atoms with Gasteiger partial charge in [-0.2, -0.15) is 0 Å². The van der Waals surface area contributed by atoms with Crippen LogP contribution in [0.1, 0.15) is 5.56 Å². The first-order chi connectivity index (χ1) is 15.4. The van der Waals surface area contributed by atoms with E-state index in [9.17, 15) is 13.5 Å². The van der Waals surface area contributed by atoms with Crippen LogP contribution in [0.25, 0.3) is 27.7 Å². The summed E-state index contributed by atoms with van der Waals surface area (Å²) in [6.07, 6.45) is 5.35. The van der Waals surface area contributed by atoms with E-state index >= 15 is 0 Å². The summed E-state index contributed by atoms with van der Waals surface area (Å²) in [7, 11) is -3.71. The van der Waals surface area contributed by atoms with Crippen molar-refractivity contribution in [2.75, 3.05) is 5.32 Å².